The van der Waals surface area contributed by atoms with Crippen LogP contribution in [-0.2, 0) is 0 Å². The molecule has 0 aliphatic rings. The molecule has 78 valence electrons. The molecule has 1 nitrogen and oxygen atoms in total. The summed E-state index contributed by atoms with van der Waals surface area (Å²) in [6.07, 6.45) is 1.83. The topological polar surface area (TPSA) is 12.9 Å². The summed E-state index contributed by atoms with van der Waals surface area (Å²) in [5.74, 6) is 0. The number of nitrogens with zero attached hydrogens (tertiary/aromatic N) is 1. The van der Waals surface area contributed by atoms with Crippen molar-refractivity contribution in [3.8, 4) is 11.3 Å². The van der Waals surface area contributed by atoms with Gasteiger partial charge in [-0.15, -0.1) is 11.3 Å². The molecule has 2 heterocycles. The summed E-state index contributed by atoms with van der Waals surface area (Å²) in [6, 6.07) is 11.9. The number of thiophene rings is 1. The van der Waals surface area contributed by atoms with Crippen molar-refractivity contribution in [2.45, 2.75) is 0 Å². The van der Waals surface area contributed by atoms with E-state index in [0.717, 1.165) is 16.3 Å². The number of benzene rings is 1. The minimum Gasteiger partial charge on any atom is -0.255 e. The molecule has 0 fully saturated rings. The Balaban J connectivity index is 2.34. The lowest BCUT2D eigenvalue weighted by Gasteiger charge is -2.04. The first-order valence-corrected chi connectivity index (χ1v) is 6.19. The maximum absolute atomic E-state index is 6.19. The minimum absolute atomic E-state index is 0.744. The first kappa shape index (κ1) is 9.82. The first-order chi connectivity index (χ1) is 7.86. The van der Waals surface area contributed by atoms with E-state index in [0.29, 0.717) is 0 Å². The van der Waals surface area contributed by atoms with Crippen molar-refractivity contribution in [3.05, 3.63) is 53.0 Å². The van der Waals surface area contributed by atoms with Crippen LogP contribution in [0, 0.1) is 0 Å². The summed E-state index contributed by atoms with van der Waals surface area (Å²) in [7, 11) is 0. The van der Waals surface area contributed by atoms with E-state index in [1.54, 1.807) is 11.3 Å². The summed E-state index contributed by atoms with van der Waals surface area (Å²) < 4.78 is 1.24. The smallest absolute Gasteiger partial charge is 0.0803 e. The van der Waals surface area contributed by atoms with Crippen LogP contribution in [0.15, 0.2) is 48.0 Å². The molecule has 0 spiro atoms. The quantitative estimate of drug-likeness (QED) is 0.610. The third-order valence-corrected chi connectivity index (χ3v) is 3.72. The number of rotatable bonds is 1. The minimum atomic E-state index is 0.744. The summed E-state index contributed by atoms with van der Waals surface area (Å²) >= 11 is 7.91. The lowest BCUT2D eigenvalue weighted by atomic mass is 10.1. The van der Waals surface area contributed by atoms with Gasteiger partial charge in [0.1, 0.15) is 0 Å². The van der Waals surface area contributed by atoms with Gasteiger partial charge in [-0.1, -0.05) is 29.8 Å². The lowest BCUT2D eigenvalue weighted by molar-refractivity contribution is 1.36. The van der Waals surface area contributed by atoms with Crippen LogP contribution in [0.1, 0.15) is 0 Å². The van der Waals surface area contributed by atoms with Gasteiger partial charge in [-0.25, -0.2) is 0 Å². The summed E-state index contributed by atoms with van der Waals surface area (Å²) in [5, 5.41) is 3.99. The van der Waals surface area contributed by atoms with Crippen LogP contribution < -0.4 is 0 Å². The number of halogens is 1. The Morgan fingerprint density at radius 1 is 1.06 bits per heavy atom. The normalized spacial score (nSPS) is 10.8. The maximum atomic E-state index is 6.19. The highest BCUT2D eigenvalue weighted by atomic mass is 35.5. The van der Waals surface area contributed by atoms with Gasteiger partial charge in [0.15, 0.2) is 0 Å². The SMILES string of the molecule is Clc1ccccc1-c1nccc2sccc12. The molecule has 3 rings (SSSR count). The second-order valence-corrected chi connectivity index (χ2v) is 4.83. The molecule has 1 aromatic carbocycles. The first-order valence-electron chi connectivity index (χ1n) is 4.93. The van der Waals surface area contributed by atoms with E-state index < -0.39 is 0 Å². The zero-order valence-electron chi connectivity index (χ0n) is 8.35. The lowest BCUT2D eigenvalue weighted by Crippen LogP contribution is -1.84. The fraction of sp³-hybridized carbons (Fsp3) is 0. The third kappa shape index (κ3) is 1.51. The molecule has 0 saturated heterocycles. The monoisotopic (exact) mass is 245 g/mol. The van der Waals surface area contributed by atoms with Crippen LogP contribution in [0.2, 0.25) is 5.02 Å². The van der Waals surface area contributed by atoms with Crippen molar-refractivity contribution in [1.29, 1.82) is 0 Å². The molecule has 2 aromatic heterocycles. The van der Waals surface area contributed by atoms with Crippen molar-refractivity contribution in [2.75, 3.05) is 0 Å². The molecule has 3 aromatic rings. The molecule has 3 heteroatoms. The van der Waals surface area contributed by atoms with E-state index in [1.807, 2.05) is 36.5 Å². The van der Waals surface area contributed by atoms with Gasteiger partial charge in [-0.2, -0.15) is 0 Å². The molecule has 0 unspecified atom stereocenters. The van der Waals surface area contributed by atoms with Crippen LogP contribution in [0.3, 0.4) is 0 Å². The maximum Gasteiger partial charge on any atom is 0.0803 e. The van der Waals surface area contributed by atoms with Crippen LogP contribution in [0.25, 0.3) is 21.3 Å². The Morgan fingerprint density at radius 3 is 2.81 bits per heavy atom. The Bertz CT molecular complexity index is 645. The predicted octanol–water partition coefficient (Wildman–Crippen LogP) is 4.62. The molecule has 0 amide bonds. The van der Waals surface area contributed by atoms with E-state index >= 15 is 0 Å². The molecular weight excluding hydrogens is 238 g/mol. The van der Waals surface area contributed by atoms with Crippen LogP contribution in [0.5, 0.6) is 0 Å². The molecular formula is C13H8ClNS. The Hall–Kier alpha value is -1.38. The van der Waals surface area contributed by atoms with Gasteiger partial charge in [-0.3, -0.25) is 4.98 Å². The van der Waals surface area contributed by atoms with Gasteiger partial charge in [0.05, 0.1) is 5.69 Å². The molecule has 0 atom stereocenters. The highest BCUT2D eigenvalue weighted by Crippen LogP contribution is 2.33. The Labute approximate surface area is 102 Å². The van der Waals surface area contributed by atoms with Crippen molar-refractivity contribution in [1.82, 2.24) is 4.98 Å². The van der Waals surface area contributed by atoms with Crippen molar-refractivity contribution >= 4 is 33.0 Å². The number of hydrogen-bond acceptors (Lipinski definition) is 2. The van der Waals surface area contributed by atoms with Crippen LogP contribution in [-0.4, -0.2) is 4.98 Å². The summed E-state index contributed by atoms with van der Waals surface area (Å²) in [6.45, 7) is 0. The van der Waals surface area contributed by atoms with E-state index in [-0.39, 0.29) is 0 Å². The number of fused-ring (bicyclic) bond motifs is 1. The Kier molecular flexibility index (Phi) is 2.39. The van der Waals surface area contributed by atoms with Gasteiger partial charge < -0.3 is 0 Å². The van der Waals surface area contributed by atoms with Crippen molar-refractivity contribution in [2.24, 2.45) is 0 Å². The van der Waals surface area contributed by atoms with Gasteiger partial charge in [0, 0.05) is 26.9 Å². The van der Waals surface area contributed by atoms with Gasteiger partial charge in [0.25, 0.3) is 0 Å². The Morgan fingerprint density at radius 2 is 1.94 bits per heavy atom. The highest BCUT2D eigenvalue weighted by Gasteiger charge is 2.08. The molecule has 16 heavy (non-hydrogen) atoms. The molecule has 0 N–H and O–H groups in total. The summed E-state index contributed by atoms with van der Waals surface area (Å²) in [5.41, 5.74) is 1.96. The highest BCUT2D eigenvalue weighted by molar-refractivity contribution is 7.17. The van der Waals surface area contributed by atoms with E-state index in [1.165, 1.54) is 10.1 Å². The average Bonchev–Trinajstić information content (AvgIpc) is 2.77. The zero-order valence-corrected chi connectivity index (χ0v) is 9.92. The number of hydrogen-bond donors (Lipinski definition) is 0. The number of aromatic nitrogens is 1. The molecule has 0 radical (unpaired) electrons. The van der Waals surface area contributed by atoms with Gasteiger partial charge in [-0.05, 0) is 23.6 Å². The standard InChI is InChI=1S/C13H8ClNS/c14-11-4-2-1-3-9(11)13-10-6-8-16-12(10)5-7-15-13/h1-8H. The molecule has 0 aliphatic heterocycles. The van der Waals surface area contributed by atoms with E-state index in [9.17, 15) is 0 Å². The second-order valence-electron chi connectivity index (χ2n) is 3.47. The molecule has 0 aliphatic carbocycles. The molecule has 0 bridgehead atoms. The van der Waals surface area contributed by atoms with E-state index in [4.69, 9.17) is 11.6 Å². The molecule has 0 saturated carbocycles. The van der Waals surface area contributed by atoms with Crippen LogP contribution in [0.4, 0.5) is 0 Å². The third-order valence-electron chi connectivity index (χ3n) is 2.51. The number of pyridine rings is 1. The van der Waals surface area contributed by atoms with Gasteiger partial charge >= 0.3 is 0 Å². The fourth-order valence-electron chi connectivity index (χ4n) is 1.76. The van der Waals surface area contributed by atoms with Crippen LogP contribution >= 0.6 is 22.9 Å². The van der Waals surface area contributed by atoms with Crippen molar-refractivity contribution < 1.29 is 0 Å². The largest absolute Gasteiger partial charge is 0.255 e. The second kappa shape index (κ2) is 3.89. The summed E-state index contributed by atoms with van der Waals surface area (Å²) in [4.78, 5) is 4.43. The predicted molar refractivity (Wildman–Crippen MR) is 70.1 cm³/mol. The average molecular weight is 246 g/mol. The van der Waals surface area contributed by atoms with Crippen molar-refractivity contribution in [3.63, 3.8) is 0 Å². The van der Waals surface area contributed by atoms with E-state index in [2.05, 4.69) is 16.4 Å². The fourth-order valence-corrected chi connectivity index (χ4v) is 2.77. The zero-order chi connectivity index (χ0) is 11.0. The van der Waals surface area contributed by atoms with Gasteiger partial charge in [0.2, 0.25) is 0 Å².